The molecule has 0 aliphatic carbocycles. The van der Waals surface area contributed by atoms with E-state index in [1.54, 1.807) is 0 Å². The van der Waals surface area contributed by atoms with Crippen LogP contribution < -0.4 is 0 Å². The van der Waals surface area contributed by atoms with Gasteiger partial charge in [0.2, 0.25) is 0 Å². The molecule has 0 fully saturated rings. The molecule has 5 nitrogen and oxygen atoms in total. The van der Waals surface area contributed by atoms with E-state index < -0.39 is 0 Å². The monoisotopic (exact) mass is 691 g/mol. The molecule has 5 heteroatoms. The van der Waals surface area contributed by atoms with Crippen LogP contribution in [0, 0.1) is 0 Å². The standard InChI is InChI=1S/C49H29N3O2/c1-2-12-31(13-3-1)47-50-48(52-49(51-47)40-21-11-25-44-46(40)39-15-5-7-23-42(39)54-44)32-28-26-30(27-29-32)33-16-8-18-35-34(33)17-9-19-36(35)37-20-10-24-43-45(37)38-14-4-6-22-41(38)53-43/h1-29H. The van der Waals surface area contributed by atoms with Gasteiger partial charge in [0.1, 0.15) is 22.3 Å². The average Bonchev–Trinajstić information content (AvgIpc) is 3.82. The van der Waals surface area contributed by atoms with Crippen molar-refractivity contribution in [1.82, 2.24) is 15.0 Å². The van der Waals surface area contributed by atoms with Gasteiger partial charge in [0.25, 0.3) is 0 Å². The molecule has 0 amide bonds. The zero-order valence-corrected chi connectivity index (χ0v) is 28.9. The quantitative estimate of drug-likeness (QED) is 0.180. The minimum atomic E-state index is 0.599. The van der Waals surface area contributed by atoms with Gasteiger partial charge in [-0.15, -0.1) is 0 Å². The normalized spacial score (nSPS) is 11.7. The number of hydrogen-bond acceptors (Lipinski definition) is 5. The number of hydrogen-bond donors (Lipinski definition) is 0. The Balaban J connectivity index is 1.03. The number of nitrogens with zero attached hydrogens (tertiary/aromatic N) is 3. The summed E-state index contributed by atoms with van der Waals surface area (Å²) in [5.74, 6) is 1.82. The van der Waals surface area contributed by atoms with Crippen molar-refractivity contribution in [3.05, 3.63) is 176 Å². The Kier molecular flexibility index (Phi) is 6.79. The van der Waals surface area contributed by atoms with Gasteiger partial charge in [-0.1, -0.05) is 152 Å². The van der Waals surface area contributed by atoms with E-state index in [1.165, 1.54) is 16.3 Å². The van der Waals surface area contributed by atoms with Crippen molar-refractivity contribution in [2.24, 2.45) is 0 Å². The van der Waals surface area contributed by atoms with E-state index in [-0.39, 0.29) is 0 Å². The molecule has 0 atom stereocenters. The molecular weight excluding hydrogens is 663 g/mol. The number of furan rings is 2. The van der Waals surface area contributed by atoms with E-state index >= 15 is 0 Å². The van der Waals surface area contributed by atoms with Crippen molar-refractivity contribution in [3.8, 4) is 56.4 Å². The maximum Gasteiger partial charge on any atom is 0.164 e. The van der Waals surface area contributed by atoms with E-state index in [1.807, 2.05) is 72.8 Å². The van der Waals surface area contributed by atoms with Crippen LogP contribution in [0.4, 0.5) is 0 Å². The Hall–Kier alpha value is -7.37. The third kappa shape index (κ3) is 4.83. The zero-order chi connectivity index (χ0) is 35.6. The minimum Gasteiger partial charge on any atom is -0.456 e. The number of fused-ring (bicyclic) bond motifs is 7. The van der Waals surface area contributed by atoms with E-state index in [0.29, 0.717) is 17.5 Å². The fraction of sp³-hybridized carbons (Fsp3) is 0. The van der Waals surface area contributed by atoms with Crippen LogP contribution in [0.15, 0.2) is 185 Å². The summed E-state index contributed by atoms with van der Waals surface area (Å²) >= 11 is 0. The van der Waals surface area contributed by atoms with E-state index in [0.717, 1.165) is 77.3 Å². The maximum atomic E-state index is 6.25. The summed E-state index contributed by atoms with van der Waals surface area (Å²) in [7, 11) is 0. The molecule has 0 unspecified atom stereocenters. The molecule has 0 spiro atoms. The van der Waals surface area contributed by atoms with Gasteiger partial charge in [0.15, 0.2) is 17.5 Å². The lowest BCUT2D eigenvalue weighted by Gasteiger charge is -2.13. The molecule has 11 aromatic rings. The minimum absolute atomic E-state index is 0.599. The Labute approximate surface area is 309 Å². The van der Waals surface area contributed by atoms with E-state index in [2.05, 4.69) is 103 Å². The van der Waals surface area contributed by atoms with Gasteiger partial charge >= 0.3 is 0 Å². The largest absolute Gasteiger partial charge is 0.456 e. The molecule has 11 rings (SSSR count). The van der Waals surface area contributed by atoms with Gasteiger partial charge in [-0.05, 0) is 57.3 Å². The Morgan fingerprint density at radius 3 is 1.35 bits per heavy atom. The molecule has 0 saturated carbocycles. The molecule has 3 aromatic heterocycles. The molecule has 8 aromatic carbocycles. The van der Waals surface area contributed by atoms with Gasteiger partial charge in [-0.25, -0.2) is 15.0 Å². The lowest BCUT2D eigenvalue weighted by atomic mass is 9.91. The van der Waals surface area contributed by atoms with Gasteiger partial charge in [0.05, 0.1) is 0 Å². The second-order valence-corrected chi connectivity index (χ2v) is 13.5. The molecule has 54 heavy (non-hydrogen) atoms. The summed E-state index contributed by atoms with van der Waals surface area (Å²) < 4.78 is 12.5. The van der Waals surface area contributed by atoms with E-state index in [4.69, 9.17) is 23.8 Å². The summed E-state index contributed by atoms with van der Waals surface area (Å²) in [6.07, 6.45) is 0. The van der Waals surface area contributed by atoms with Crippen LogP contribution in [0.2, 0.25) is 0 Å². The molecule has 0 radical (unpaired) electrons. The maximum absolute atomic E-state index is 6.25. The summed E-state index contributed by atoms with van der Waals surface area (Å²) in [4.78, 5) is 15.2. The number of aromatic nitrogens is 3. The summed E-state index contributed by atoms with van der Waals surface area (Å²) in [5.41, 5.74) is 10.8. The average molecular weight is 692 g/mol. The second kappa shape index (κ2) is 12.1. The zero-order valence-electron chi connectivity index (χ0n) is 28.9. The van der Waals surface area contributed by atoms with Crippen LogP contribution in [-0.4, -0.2) is 15.0 Å². The molecule has 0 saturated heterocycles. The van der Waals surface area contributed by atoms with Crippen LogP contribution in [0.1, 0.15) is 0 Å². The van der Waals surface area contributed by atoms with Crippen molar-refractivity contribution in [2.45, 2.75) is 0 Å². The molecule has 252 valence electrons. The summed E-state index contributed by atoms with van der Waals surface area (Å²) in [5, 5.41) is 6.66. The highest BCUT2D eigenvalue weighted by atomic mass is 16.3. The Bertz CT molecular complexity index is 3210. The number of rotatable bonds is 5. The summed E-state index contributed by atoms with van der Waals surface area (Å²) in [6.45, 7) is 0. The van der Waals surface area contributed by atoms with Crippen LogP contribution in [-0.2, 0) is 0 Å². The van der Waals surface area contributed by atoms with Crippen LogP contribution in [0.5, 0.6) is 0 Å². The van der Waals surface area contributed by atoms with Crippen LogP contribution in [0.3, 0.4) is 0 Å². The van der Waals surface area contributed by atoms with E-state index in [9.17, 15) is 0 Å². The Morgan fingerprint density at radius 2 is 0.685 bits per heavy atom. The lowest BCUT2D eigenvalue weighted by Crippen LogP contribution is -2.00. The van der Waals surface area contributed by atoms with Crippen molar-refractivity contribution < 1.29 is 8.83 Å². The van der Waals surface area contributed by atoms with Gasteiger partial charge in [0, 0.05) is 38.2 Å². The van der Waals surface area contributed by atoms with Crippen LogP contribution in [0.25, 0.3) is 111 Å². The van der Waals surface area contributed by atoms with Crippen molar-refractivity contribution >= 4 is 54.6 Å². The van der Waals surface area contributed by atoms with Crippen molar-refractivity contribution in [2.75, 3.05) is 0 Å². The fourth-order valence-electron chi connectivity index (χ4n) is 7.90. The van der Waals surface area contributed by atoms with Gasteiger partial charge in [-0.3, -0.25) is 0 Å². The lowest BCUT2D eigenvalue weighted by molar-refractivity contribution is 0.668. The summed E-state index contributed by atoms with van der Waals surface area (Å²) in [6, 6.07) is 60.5. The molecule has 0 N–H and O–H groups in total. The van der Waals surface area contributed by atoms with Crippen LogP contribution >= 0.6 is 0 Å². The smallest absolute Gasteiger partial charge is 0.164 e. The first-order chi connectivity index (χ1) is 26.8. The SMILES string of the molecule is c1ccc(-c2nc(-c3ccc(-c4cccc5c(-c6cccc7oc8ccccc8c67)cccc45)cc3)nc(-c3cccc4oc5ccccc5c34)n2)cc1. The topological polar surface area (TPSA) is 65.0 Å². The predicted octanol–water partition coefficient (Wildman–Crippen LogP) is 13.2. The third-order valence-corrected chi connectivity index (χ3v) is 10.4. The van der Waals surface area contributed by atoms with Crippen molar-refractivity contribution in [3.63, 3.8) is 0 Å². The highest BCUT2D eigenvalue weighted by molar-refractivity contribution is 6.16. The second-order valence-electron chi connectivity index (χ2n) is 13.5. The molecule has 0 aliphatic heterocycles. The molecule has 0 aliphatic rings. The highest BCUT2D eigenvalue weighted by Crippen LogP contribution is 2.41. The first kappa shape index (κ1) is 30.3. The predicted molar refractivity (Wildman–Crippen MR) is 219 cm³/mol. The molecular formula is C49H29N3O2. The van der Waals surface area contributed by atoms with Gasteiger partial charge < -0.3 is 8.83 Å². The first-order valence-corrected chi connectivity index (χ1v) is 18.0. The highest BCUT2D eigenvalue weighted by Gasteiger charge is 2.19. The van der Waals surface area contributed by atoms with Gasteiger partial charge in [-0.2, -0.15) is 0 Å². The third-order valence-electron chi connectivity index (χ3n) is 10.4. The molecule has 3 heterocycles. The first-order valence-electron chi connectivity index (χ1n) is 18.0. The number of benzene rings is 8. The Morgan fingerprint density at radius 1 is 0.259 bits per heavy atom. The number of para-hydroxylation sites is 2. The molecule has 0 bridgehead atoms. The fourth-order valence-corrected chi connectivity index (χ4v) is 7.90. The van der Waals surface area contributed by atoms with Crippen molar-refractivity contribution in [1.29, 1.82) is 0 Å².